The topological polar surface area (TPSA) is 38.7 Å². The maximum Gasteiger partial charge on any atom is 0.387 e. The Labute approximate surface area is 153 Å². The van der Waals surface area contributed by atoms with Gasteiger partial charge < -0.3 is 4.74 Å². The van der Waals surface area contributed by atoms with Gasteiger partial charge in [-0.2, -0.15) is 20.5 Å². The zero-order chi connectivity index (χ0) is 17.6. The van der Waals surface area contributed by atoms with Gasteiger partial charge in [0.2, 0.25) is 0 Å². The Morgan fingerprint density at radius 2 is 2.12 bits per heavy atom. The number of allylic oxidation sites excluding steroid dienone is 2. The van der Waals surface area contributed by atoms with Gasteiger partial charge in [-0.15, -0.1) is 0 Å². The number of nitrogens with zero attached hydrogens (tertiary/aromatic N) is 1. The van der Waals surface area contributed by atoms with E-state index in [1.165, 1.54) is 0 Å². The van der Waals surface area contributed by atoms with Gasteiger partial charge in [-0.05, 0) is 42.7 Å². The number of alkyl halides is 2. The predicted octanol–water partition coefficient (Wildman–Crippen LogP) is 4.99. The highest BCUT2D eigenvalue weighted by Gasteiger charge is 2.42. The number of rotatable bonds is 3. The van der Waals surface area contributed by atoms with E-state index in [0.717, 1.165) is 47.6 Å². The van der Waals surface area contributed by atoms with Crippen LogP contribution in [0.1, 0.15) is 37.2 Å². The van der Waals surface area contributed by atoms with Crippen LogP contribution in [0.15, 0.2) is 34.5 Å². The Bertz CT molecular complexity index is 793. The van der Waals surface area contributed by atoms with Gasteiger partial charge in [0.25, 0.3) is 0 Å². The molecule has 1 saturated heterocycles. The first-order chi connectivity index (χ1) is 12.0. The highest BCUT2D eigenvalue weighted by atomic mass is 35.5. The summed E-state index contributed by atoms with van der Waals surface area (Å²) >= 11 is 7.76. The summed E-state index contributed by atoms with van der Waals surface area (Å²) in [6.45, 7) is -2.94. The minimum atomic E-state index is -2.94. The fourth-order valence-electron chi connectivity index (χ4n) is 3.82. The predicted molar refractivity (Wildman–Crippen MR) is 95.0 cm³/mol. The average molecular weight is 384 g/mol. The standard InChI is InChI=1S/C18H16ClF2NO2S/c19-10-5-4-9(8-14(10)24-18(20)21)15-16-11(2-1-3-13(16)23)22-12-6-7-25-17(12)15/h4-5,8,15,17-18H,1-3,6-7H2. The molecule has 0 radical (unpaired) electrons. The molecule has 0 saturated carbocycles. The Balaban J connectivity index is 1.81. The maximum atomic E-state index is 12.7. The van der Waals surface area contributed by atoms with Gasteiger partial charge >= 0.3 is 6.61 Å². The molecule has 2 unspecified atom stereocenters. The number of carbonyl (C=O) groups excluding carboxylic acids is 1. The summed E-state index contributed by atoms with van der Waals surface area (Å²) in [5.74, 6) is 0.863. The molecule has 1 fully saturated rings. The van der Waals surface area contributed by atoms with Crippen molar-refractivity contribution >= 4 is 34.9 Å². The van der Waals surface area contributed by atoms with Crippen LogP contribution in [0.5, 0.6) is 5.75 Å². The lowest BCUT2D eigenvalue weighted by Crippen LogP contribution is -2.32. The van der Waals surface area contributed by atoms with Crippen LogP contribution in [0.25, 0.3) is 0 Å². The number of ether oxygens (including phenoxy) is 1. The summed E-state index contributed by atoms with van der Waals surface area (Å²) in [4.78, 5) is 17.4. The number of hydrogen-bond donors (Lipinski definition) is 0. The third-order valence-electron chi connectivity index (χ3n) is 4.84. The number of halogens is 3. The third-order valence-corrected chi connectivity index (χ3v) is 6.49. The van der Waals surface area contributed by atoms with Crippen LogP contribution in [0.4, 0.5) is 8.78 Å². The van der Waals surface area contributed by atoms with Crippen molar-refractivity contribution in [2.24, 2.45) is 4.99 Å². The van der Waals surface area contributed by atoms with Gasteiger partial charge in [0.05, 0.1) is 10.3 Å². The molecule has 3 nitrogen and oxygen atoms in total. The van der Waals surface area contributed by atoms with Gasteiger partial charge in [-0.25, -0.2) is 0 Å². The molecule has 132 valence electrons. The number of benzene rings is 1. The third kappa shape index (κ3) is 3.10. The quantitative estimate of drug-likeness (QED) is 0.737. The largest absolute Gasteiger partial charge is 0.433 e. The summed E-state index contributed by atoms with van der Waals surface area (Å²) in [6.07, 6.45) is 3.04. The summed E-state index contributed by atoms with van der Waals surface area (Å²) in [5.41, 5.74) is 3.52. The van der Waals surface area contributed by atoms with Crippen molar-refractivity contribution in [3.8, 4) is 5.75 Å². The molecule has 1 aromatic rings. The van der Waals surface area contributed by atoms with E-state index in [4.69, 9.17) is 16.6 Å². The van der Waals surface area contributed by atoms with Crippen LogP contribution >= 0.6 is 23.4 Å². The molecule has 3 aliphatic rings. The van der Waals surface area contributed by atoms with Crippen molar-refractivity contribution in [1.29, 1.82) is 0 Å². The molecule has 0 amide bonds. The van der Waals surface area contributed by atoms with E-state index in [1.54, 1.807) is 30.0 Å². The Morgan fingerprint density at radius 3 is 2.92 bits per heavy atom. The van der Waals surface area contributed by atoms with Gasteiger partial charge in [0.15, 0.2) is 5.78 Å². The van der Waals surface area contributed by atoms with Crippen LogP contribution < -0.4 is 4.74 Å². The first-order valence-corrected chi connectivity index (χ1v) is 9.67. The van der Waals surface area contributed by atoms with Crippen molar-refractivity contribution < 1.29 is 18.3 Å². The molecule has 2 atom stereocenters. The fraction of sp³-hybridized carbons (Fsp3) is 0.444. The molecule has 25 heavy (non-hydrogen) atoms. The number of ketones is 1. The Kier molecular flexibility index (Phi) is 4.58. The average Bonchev–Trinajstić information content (AvgIpc) is 3.03. The SMILES string of the molecule is O=C1CCCC2=C1C(c1ccc(Cl)c(OC(F)F)c1)C1SCCC1=N2. The minimum absolute atomic E-state index is 0.0494. The lowest BCUT2D eigenvalue weighted by atomic mass is 9.77. The number of hydrogen-bond acceptors (Lipinski definition) is 4. The van der Waals surface area contributed by atoms with Gasteiger partial charge in [0, 0.05) is 29.3 Å². The monoisotopic (exact) mass is 383 g/mol. The number of Topliss-reactive ketones (excluding diaryl/α,β-unsaturated/α-hetero) is 1. The van der Waals surface area contributed by atoms with Crippen molar-refractivity contribution in [3.63, 3.8) is 0 Å². The van der Waals surface area contributed by atoms with Crippen LogP contribution in [0.3, 0.4) is 0 Å². The summed E-state index contributed by atoms with van der Waals surface area (Å²) in [5, 5.41) is 0.221. The second-order valence-electron chi connectivity index (χ2n) is 6.33. The normalized spacial score (nSPS) is 25.8. The molecular weight excluding hydrogens is 368 g/mol. The number of fused-ring (bicyclic) bond motifs is 1. The molecule has 4 rings (SSSR count). The number of thioether (sulfide) groups is 1. The van der Waals surface area contributed by atoms with Crippen LogP contribution in [0, 0.1) is 0 Å². The molecular formula is C18H16ClF2NO2S. The highest BCUT2D eigenvalue weighted by molar-refractivity contribution is 8.01. The van der Waals surface area contributed by atoms with Crippen molar-refractivity contribution in [3.05, 3.63) is 40.1 Å². The lowest BCUT2D eigenvalue weighted by molar-refractivity contribution is -0.116. The van der Waals surface area contributed by atoms with Crippen LogP contribution in [-0.4, -0.2) is 29.1 Å². The maximum absolute atomic E-state index is 12.7. The first kappa shape index (κ1) is 17.0. The molecule has 0 bridgehead atoms. The summed E-state index contributed by atoms with van der Waals surface area (Å²) < 4.78 is 29.9. The van der Waals surface area contributed by atoms with Crippen LogP contribution in [0.2, 0.25) is 5.02 Å². The fourth-order valence-corrected chi connectivity index (χ4v) is 5.41. The van der Waals surface area contributed by atoms with Crippen molar-refractivity contribution in [1.82, 2.24) is 0 Å². The van der Waals surface area contributed by atoms with Gasteiger partial charge in [-0.3, -0.25) is 9.79 Å². The molecule has 0 aromatic heterocycles. The van der Waals surface area contributed by atoms with Gasteiger partial charge in [0.1, 0.15) is 5.75 Å². The molecule has 2 aliphatic heterocycles. The van der Waals surface area contributed by atoms with E-state index in [1.807, 2.05) is 0 Å². The van der Waals surface area contributed by atoms with E-state index in [2.05, 4.69) is 4.74 Å². The summed E-state index contributed by atoms with van der Waals surface area (Å²) in [7, 11) is 0. The lowest BCUT2D eigenvalue weighted by Gasteiger charge is -2.33. The second kappa shape index (κ2) is 6.72. The van der Waals surface area contributed by atoms with E-state index < -0.39 is 6.61 Å². The van der Waals surface area contributed by atoms with E-state index in [0.29, 0.717) is 6.42 Å². The zero-order valence-corrected chi connectivity index (χ0v) is 14.9. The van der Waals surface area contributed by atoms with E-state index >= 15 is 0 Å². The van der Waals surface area contributed by atoms with Crippen LogP contribution in [-0.2, 0) is 4.79 Å². The summed E-state index contributed by atoms with van der Waals surface area (Å²) in [6, 6.07) is 4.92. The molecule has 0 N–H and O–H groups in total. The smallest absolute Gasteiger partial charge is 0.387 e. The molecule has 0 spiro atoms. The number of aliphatic imine (C=N–C) groups is 1. The molecule has 7 heteroatoms. The first-order valence-electron chi connectivity index (χ1n) is 8.24. The van der Waals surface area contributed by atoms with Crippen molar-refractivity contribution in [2.75, 3.05) is 5.75 Å². The zero-order valence-electron chi connectivity index (χ0n) is 13.3. The molecule has 1 aliphatic carbocycles. The van der Waals surface area contributed by atoms with E-state index in [9.17, 15) is 13.6 Å². The number of carbonyl (C=O) groups is 1. The van der Waals surface area contributed by atoms with Gasteiger partial charge in [-0.1, -0.05) is 17.7 Å². The molecule has 1 aromatic carbocycles. The molecule has 2 heterocycles. The van der Waals surface area contributed by atoms with Crippen molar-refractivity contribution in [2.45, 2.75) is 43.5 Å². The highest BCUT2D eigenvalue weighted by Crippen LogP contribution is 2.48. The Hall–Kier alpha value is -1.40. The van der Waals surface area contributed by atoms with E-state index in [-0.39, 0.29) is 27.7 Å². The second-order valence-corrected chi connectivity index (χ2v) is 7.98. The minimum Gasteiger partial charge on any atom is -0.433 e. The Morgan fingerprint density at radius 1 is 1.28 bits per heavy atom.